The summed E-state index contributed by atoms with van der Waals surface area (Å²) >= 11 is 0. The fraction of sp³-hybridized carbons (Fsp3) is 0.462. The quantitative estimate of drug-likeness (QED) is 0.874. The molecule has 1 aromatic carbocycles. The number of rotatable bonds is 3. The topological polar surface area (TPSA) is 49.8 Å². The molecule has 1 N–H and O–H groups in total. The van der Waals surface area contributed by atoms with Gasteiger partial charge in [-0.15, -0.1) is 5.06 Å². The summed E-state index contributed by atoms with van der Waals surface area (Å²) in [5, 5.41) is 10.0. The number of carboxylic acid groups (broad SMARTS) is 1. The average Bonchev–Trinajstić information content (AvgIpc) is 2.32. The fourth-order valence-electron chi connectivity index (χ4n) is 2.26. The molecule has 17 heavy (non-hydrogen) atoms. The van der Waals surface area contributed by atoms with Crippen LogP contribution in [0, 0.1) is 5.92 Å². The smallest absolute Gasteiger partial charge is 0.448 e. The average molecular weight is 235 g/mol. The highest BCUT2D eigenvalue weighted by atomic mass is 16.8. The van der Waals surface area contributed by atoms with Crippen LogP contribution in [0.3, 0.4) is 0 Å². The molecule has 4 nitrogen and oxygen atoms in total. The van der Waals surface area contributed by atoms with Crippen LogP contribution < -0.4 is 0 Å². The minimum atomic E-state index is -1.22. The zero-order chi connectivity index (χ0) is 12.1. The lowest BCUT2D eigenvalue weighted by atomic mass is 9.91. The van der Waals surface area contributed by atoms with Crippen LogP contribution in [0.1, 0.15) is 18.4 Å². The summed E-state index contributed by atoms with van der Waals surface area (Å²) in [5.74, 6) is 0.631. The Bertz CT molecular complexity index is 358. The largest absolute Gasteiger partial charge is 0.525 e. The third kappa shape index (κ3) is 3.75. The van der Waals surface area contributed by atoms with Gasteiger partial charge in [0.05, 0.1) is 0 Å². The van der Waals surface area contributed by atoms with Crippen LogP contribution in [0.2, 0.25) is 0 Å². The molecule has 0 saturated carbocycles. The zero-order valence-electron chi connectivity index (χ0n) is 9.71. The Morgan fingerprint density at radius 2 is 1.94 bits per heavy atom. The Kier molecular flexibility index (Phi) is 3.98. The molecule has 0 aliphatic carbocycles. The van der Waals surface area contributed by atoms with Crippen molar-refractivity contribution in [2.24, 2.45) is 5.92 Å². The van der Waals surface area contributed by atoms with Gasteiger partial charge in [0.15, 0.2) is 0 Å². The van der Waals surface area contributed by atoms with Crippen molar-refractivity contribution in [2.75, 3.05) is 13.1 Å². The van der Waals surface area contributed by atoms with Gasteiger partial charge < -0.3 is 9.94 Å². The molecule has 4 heteroatoms. The second-order valence-electron chi connectivity index (χ2n) is 4.42. The Hall–Kier alpha value is -1.55. The van der Waals surface area contributed by atoms with Crippen LogP contribution in [-0.4, -0.2) is 29.4 Å². The van der Waals surface area contributed by atoms with Gasteiger partial charge in [-0.05, 0) is 30.7 Å². The van der Waals surface area contributed by atoms with Gasteiger partial charge in [0.1, 0.15) is 0 Å². The summed E-state index contributed by atoms with van der Waals surface area (Å²) in [6.07, 6.45) is 1.83. The first-order chi connectivity index (χ1) is 8.24. The number of carbonyl (C=O) groups is 1. The predicted octanol–water partition coefficient (Wildman–Crippen LogP) is 2.55. The molecule has 0 spiro atoms. The Labute approximate surface area is 101 Å². The van der Waals surface area contributed by atoms with E-state index in [4.69, 9.17) is 5.11 Å². The maximum Gasteiger partial charge on any atom is 0.525 e. The van der Waals surface area contributed by atoms with Crippen molar-refractivity contribution in [1.82, 2.24) is 5.06 Å². The van der Waals surface area contributed by atoms with Gasteiger partial charge in [0, 0.05) is 13.1 Å². The SMILES string of the molecule is O=C(O)ON1CCC(Cc2ccccc2)CC1. The van der Waals surface area contributed by atoms with Gasteiger partial charge in [-0.3, -0.25) is 0 Å². The third-order valence-electron chi connectivity index (χ3n) is 3.15. The van der Waals surface area contributed by atoms with Gasteiger partial charge in [-0.2, -0.15) is 0 Å². The Balaban J connectivity index is 1.78. The maximum absolute atomic E-state index is 10.4. The van der Waals surface area contributed by atoms with Gasteiger partial charge in [0.25, 0.3) is 0 Å². The molecule has 0 amide bonds. The first-order valence-corrected chi connectivity index (χ1v) is 5.94. The van der Waals surface area contributed by atoms with Crippen molar-refractivity contribution in [2.45, 2.75) is 19.3 Å². The standard InChI is InChI=1S/C13H17NO3/c15-13(16)17-14-8-6-12(7-9-14)10-11-4-2-1-3-5-11/h1-5,12H,6-10H2,(H,15,16). The maximum atomic E-state index is 10.4. The van der Waals surface area contributed by atoms with Crippen molar-refractivity contribution < 1.29 is 14.7 Å². The monoisotopic (exact) mass is 235 g/mol. The van der Waals surface area contributed by atoms with Gasteiger partial charge in [-0.25, -0.2) is 4.79 Å². The molecule has 0 unspecified atom stereocenters. The highest BCUT2D eigenvalue weighted by Crippen LogP contribution is 2.21. The predicted molar refractivity (Wildman–Crippen MR) is 63.6 cm³/mol. The van der Waals surface area contributed by atoms with Crippen molar-refractivity contribution in [3.8, 4) is 0 Å². The molecule has 0 atom stereocenters. The Morgan fingerprint density at radius 3 is 2.53 bits per heavy atom. The van der Waals surface area contributed by atoms with E-state index < -0.39 is 6.16 Å². The molecule has 1 aromatic rings. The van der Waals surface area contributed by atoms with E-state index in [2.05, 4.69) is 29.1 Å². The number of hydrogen-bond donors (Lipinski definition) is 1. The van der Waals surface area contributed by atoms with E-state index in [1.54, 1.807) is 0 Å². The Morgan fingerprint density at radius 1 is 1.29 bits per heavy atom. The molecular formula is C13H17NO3. The van der Waals surface area contributed by atoms with E-state index in [9.17, 15) is 4.79 Å². The molecule has 92 valence electrons. The van der Waals surface area contributed by atoms with E-state index in [-0.39, 0.29) is 0 Å². The molecule has 1 saturated heterocycles. The normalized spacial score (nSPS) is 17.9. The second kappa shape index (κ2) is 5.68. The summed E-state index contributed by atoms with van der Waals surface area (Å²) in [7, 11) is 0. The van der Waals surface area contributed by atoms with E-state index >= 15 is 0 Å². The van der Waals surface area contributed by atoms with E-state index in [0.29, 0.717) is 19.0 Å². The number of piperidine rings is 1. The highest BCUT2D eigenvalue weighted by Gasteiger charge is 2.21. The lowest BCUT2D eigenvalue weighted by Gasteiger charge is -2.29. The summed E-state index contributed by atoms with van der Waals surface area (Å²) in [6, 6.07) is 10.4. The summed E-state index contributed by atoms with van der Waals surface area (Å²) in [5.41, 5.74) is 1.35. The molecule has 1 aliphatic heterocycles. The van der Waals surface area contributed by atoms with Crippen LogP contribution in [0.25, 0.3) is 0 Å². The summed E-state index contributed by atoms with van der Waals surface area (Å²) < 4.78 is 0. The van der Waals surface area contributed by atoms with Crippen LogP contribution in [0.15, 0.2) is 30.3 Å². The minimum Gasteiger partial charge on any atom is -0.448 e. The highest BCUT2D eigenvalue weighted by molar-refractivity contribution is 5.56. The van der Waals surface area contributed by atoms with E-state index in [1.165, 1.54) is 10.6 Å². The second-order valence-corrected chi connectivity index (χ2v) is 4.42. The summed E-state index contributed by atoms with van der Waals surface area (Å²) in [4.78, 5) is 15.0. The lowest BCUT2D eigenvalue weighted by molar-refractivity contribution is -0.135. The zero-order valence-corrected chi connectivity index (χ0v) is 9.71. The number of hydrogen-bond acceptors (Lipinski definition) is 3. The fourth-order valence-corrected chi connectivity index (χ4v) is 2.26. The van der Waals surface area contributed by atoms with Gasteiger partial charge in [-0.1, -0.05) is 30.3 Å². The van der Waals surface area contributed by atoms with Crippen molar-refractivity contribution in [3.63, 3.8) is 0 Å². The molecule has 1 fully saturated rings. The molecule has 2 rings (SSSR count). The molecule has 1 heterocycles. The van der Waals surface area contributed by atoms with E-state index in [1.807, 2.05) is 6.07 Å². The summed E-state index contributed by atoms with van der Waals surface area (Å²) in [6.45, 7) is 1.40. The molecular weight excluding hydrogens is 218 g/mol. The van der Waals surface area contributed by atoms with Crippen molar-refractivity contribution in [3.05, 3.63) is 35.9 Å². The number of hydroxylamine groups is 2. The molecule has 0 bridgehead atoms. The molecule has 0 aromatic heterocycles. The van der Waals surface area contributed by atoms with Crippen LogP contribution in [-0.2, 0) is 11.3 Å². The van der Waals surface area contributed by atoms with Crippen LogP contribution in [0.5, 0.6) is 0 Å². The van der Waals surface area contributed by atoms with Gasteiger partial charge in [0.2, 0.25) is 0 Å². The van der Waals surface area contributed by atoms with Crippen LogP contribution >= 0.6 is 0 Å². The number of benzene rings is 1. The first kappa shape index (κ1) is 11.9. The number of nitrogens with zero attached hydrogens (tertiary/aromatic N) is 1. The van der Waals surface area contributed by atoms with Crippen molar-refractivity contribution >= 4 is 6.16 Å². The molecule has 0 radical (unpaired) electrons. The van der Waals surface area contributed by atoms with Crippen molar-refractivity contribution in [1.29, 1.82) is 0 Å². The van der Waals surface area contributed by atoms with Crippen LogP contribution in [0.4, 0.5) is 4.79 Å². The lowest BCUT2D eigenvalue weighted by Crippen LogP contribution is -2.35. The molecule has 1 aliphatic rings. The minimum absolute atomic E-state index is 0.631. The first-order valence-electron chi connectivity index (χ1n) is 5.94. The van der Waals surface area contributed by atoms with E-state index in [0.717, 1.165) is 19.3 Å². The third-order valence-corrected chi connectivity index (χ3v) is 3.15. The van der Waals surface area contributed by atoms with Gasteiger partial charge >= 0.3 is 6.16 Å².